The highest BCUT2D eigenvalue weighted by Crippen LogP contribution is 2.07. The van der Waals surface area contributed by atoms with Gasteiger partial charge in [-0.1, -0.05) is 19.0 Å². The van der Waals surface area contributed by atoms with Gasteiger partial charge in [-0.3, -0.25) is 4.79 Å². The zero-order valence-corrected chi connectivity index (χ0v) is 6.81. The lowest BCUT2D eigenvalue weighted by atomic mass is 10.1. The van der Waals surface area contributed by atoms with Crippen molar-refractivity contribution < 1.29 is 9.53 Å². The Morgan fingerprint density at radius 2 is 2.18 bits per heavy atom. The molecule has 0 aliphatic heterocycles. The van der Waals surface area contributed by atoms with Crippen LogP contribution >= 0.6 is 0 Å². The zero-order chi connectivity index (χ0) is 8.85. The van der Waals surface area contributed by atoms with Gasteiger partial charge < -0.3 is 4.74 Å². The van der Waals surface area contributed by atoms with Gasteiger partial charge in [0.15, 0.2) is 0 Å². The van der Waals surface area contributed by atoms with Gasteiger partial charge in [0.1, 0.15) is 6.04 Å². The highest BCUT2D eigenvalue weighted by Gasteiger charge is 2.20. The van der Waals surface area contributed by atoms with E-state index in [0.717, 1.165) is 0 Å². The Morgan fingerprint density at radius 3 is 2.45 bits per heavy atom. The molecule has 62 valence electrons. The van der Waals surface area contributed by atoms with Crippen LogP contribution in [0.5, 0.6) is 0 Å². The maximum atomic E-state index is 10.9. The Balaban J connectivity index is 4.33. The zero-order valence-electron chi connectivity index (χ0n) is 6.81. The van der Waals surface area contributed by atoms with E-state index in [0.29, 0.717) is 0 Å². The molecule has 0 amide bonds. The Morgan fingerprint density at radius 1 is 1.64 bits per heavy atom. The first-order chi connectivity index (χ1) is 5.13. The van der Waals surface area contributed by atoms with E-state index in [4.69, 9.17) is 5.53 Å². The molecule has 0 N–H and O–H groups in total. The first kappa shape index (κ1) is 9.78. The maximum absolute atomic E-state index is 10.9. The molecule has 5 heteroatoms. The second-order valence-corrected chi connectivity index (χ2v) is 2.42. The van der Waals surface area contributed by atoms with E-state index in [1.807, 2.05) is 0 Å². The predicted octanol–water partition coefficient (Wildman–Crippen LogP) is 1.49. The van der Waals surface area contributed by atoms with Crippen molar-refractivity contribution in [3.63, 3.8) is 0 Å². The van der Waals surface area contributed by atoms with Gasteiger partial charge in [-0.15, -0.1) is 0 Å². The third-order valence-electron chi connectivity index (χ3n) is 1.25. The summed E-state index contributed by atoms with van der Waals surface area (Å²) in [6.07, 6.45) is 0. The van der Waals surface area contributed by atoms with E-state index in [9.17, 15) is 4.79 Å². The largest absolute Gasteiger partial charge is 0.469 e. The normalized spacial score (nSPS) is 12.0. The van der Waals surface area contributed by atoms with Gasteiger partial charge in [0.25, 0.3) is 0 Å². The molecular weight excluding hydrogens is 146 g/mol. The molecular formula is C6H11N3O2. The van der Waals surface area contributed by atoms with E-state index >= 15 is 0 Å². The van der Waals surface area contributed by atoms with Crippen molar-refractivity contribution >= 4 is 5.97 Å². The molecule has 0 rings (SSSR count). The molecule has 0 fully saturated rings. The molecule has 0 aromatic carbocycles. The lowest BCUT2D eigenvalue weighted by Gasteiger charge is -2.11. The van der Waals surface area contributed by atoms with Crippen LogP contribution in [-0.4, -0.2) is 19.1 Å². The van der Waals surface area contributed by atoms with Gasteiger partial charge in [0.2, 0.25) is 0 Å². The minimum Gasteiger partial charge on any atom is -0.469 e. The summed E-state index contributed by atoms with van der Waals surface area (Å²) in [5.74, 6) is -0.517. The van der Waals surface area contributed by atoms with Crippen molar-refractivity contribution in [1.82, 2.24) is 0 Å². The summed E-state index contributed by atoms with van der Waals surface area (Å²) in [5.41, 5.74) is 8.08. The summed E-state index contributed by atoms with van der Waals surface area (Å²) in [6, 6.07) is -0.704. The monoisotopic (exact) mass is 157 g/mol. The van der Waals surface area contributed by atoms with Crippen molar-refractivity contribution in [2.24, 2.45) is 11.0 Å². The fraction of sp³-hybridized carbons (Fsp3) is 0.833. The predicted molar refractivity (Wildman–Crippen MR) is 39.8 cm³/mol. The average molecular weight is 157 g/mol. The molecule has 0 radical (unpaired) electrons. The minimum atomic E-state index is -0.704. The summed E-state index contributed by atoms with van der Waals surface area (Å²) in [6.45, 7) is 3.58. The van der Waals surface area contributed by atoms with Crippen LogP contribution in [0.15, 0.2) is 5.11 Å². The number of methoxy groups -OCH3 is 1. The average Bonchev–Trinajstić information content (AvgIpc) is 1.98. The van der Waals surface area contributed by atoms with Gasteiger partial charge in [0.05, 0.1) is 7.11 Å². The van der Waals surface area contributed by atoms with Gasteiger partial charge in [-0.05, 0) is 11.4 Å². The summed E-state index contributed by atoms with van der Waals surface area (Å²) in [4.78, 5) is 13.4. The highest BCUT2D eigenvalue weighted by molar-refractivity contribution is 5.76. The van der Waals surface area contributed by atoms with Gasteiger partial charge >= 0.3 is 5.97 Å². The van der Waals surface area contributed by atoms with Crippen molar-refractivity contribution in [2.75, 3.05) is 7.11 Å². The minimum absolute atomic E-state index is 0.0293. The second kappa shape index (κ2) is 4.57. The van der Waals surface area contributed by atoms with Crippen LogP contribution in [0.25, 0.3) is 10.4 Å². The molecule has 1 atom stereocenters. The quantitative estimate of drug-likeness (QED) is 0.269. The number of carbonyl (C=O) groups is 1. The molecule has 0 saturated carbocycles. The first-order valence-electron chi connectivity index (χ1n) is 3.25. The first-order valence-corrected chi connectivity index (χ1v) is 3.25. The van der Waals surface area contributed by atoms with Crippen LogP contribution in [0.4, 0.5) is 0 Å². The standard InChI is InChI=1S/C6H11N3O2/c1-4(2)5(8-9-7)6(10)11-3/h4-5H,1-3H3/t5-/m1/s1. The lowest BCUT2D eigenvalue weighted by Crippen LogP contribution is -2.24. The maximum Gasteiger partial charge on any atom is 0.314 e. The molecule has 0 unspecified atom stereocenters. The lowest BCUT2D eigenvalue weighted by molar-refractivity contribution is -0.143. The Kier molecular flexibility index (Phi) is 4.07. The van der Waals surface area contributed by atoms with Crippen LogP contribution in [0.1, 0.15) is 13.8 Å². The van der Waals surface area contributed by atoms with E-state index in [1.165, 1.54) is 7.11 Å². The Bertz CT molecular complexity index is 184. The molecule has 0 bridgehead atoms. The molecule has 0 aromatic heterocycles. The molecule has 0 aliphatic carbocycles. The van der Waals surface area contributed by atoms with Crippen LogP contribution in [-0.2, 0) is 9.53 Å². The number of hydrogen-bond acceptors (Lipinski definition) is 3. The van der Waals surface area contributed by atoms with E-state index in [2.05, 4.69) is 14.8 Å². The van der Waals surface area contributed by atoms with Crippen LogP contribution in [0.2, 0.25) is 0 Å². The number of azide groups is 1. The Labute approximate surface area is 65.0 Å². The number of nitrogens with zero attached hydrogens (tertiary/aromatic N) is 3. The van der Waals surface area contributed by atoms with E-state index in [-0.39, 0.29) is 5.92 Å². The van der Waals surface area contributed by atoms with Gasteiger partial charge in [0, 0.05) is 4.91 Å². The molecule has 0 aliphatic rings. The summed E-state index contributed by atoms with van der Waals surface area (Å²) in [7, 11) is 1.27. The smallest absolute Gasteiger partial charge is 0.314 e. The molecule has 0 spiro atoms. The summed E-state index contributed by atoms with van der Waals surface area (Å²) < 4.78 is 4.42. The number of esters is 1. The third kappa shape index (κ3) is 2.91. The van der Waals surface area contributed by atoms with Crippen molar-refractivity contribution in [3.8, 4) is 0 Å². The summed E-state index contributed by atoms with van der Waals surface area (Å²) >= 11 is 0. The number of carbonyl (C=O) groups excluding carboxylic acids is 1. The van der Waals surface area contributed by atoms with Gasteiger partial charge in [-0.25, -0.2) is 0 Å². The van der Waals surface area contributed by atoms with E-state index in [1.54, 1.807) is 13.8 Å². The number of ether oxygens (including phenoxy) is 1. The fourth-order valence-corrected chi connectivity index (χ4v) is 0.629. The molecule has 0 saturated heterocycles. The fourth-order valence-electron chi connectivity index (χ4n) is 0.629. The topological polar surface area (TPSA) is 75.1 Å². The Hall–Kier alpha value is -1.22. The van der Waals surface area contributed by atoms with E-state index < -0.39 is 12.0 Å². The molecule has 0 aromatic rings. The second-order valence-electron chi connectivity index (χ2n) is 2.42. The van der Waals surface area contributed by atoms with Crippen molar-refractivity contribution in [3.05, 3.63) is 10.4 Å². The van der Waals surface area contributed by atoms with Crippen LogP contribution < -0.4 is 0 Å². The molecule has 0 heterocycles. The van der Waals surface area contributed by atoms with Crippen LogP contribution in [0, 0.1) is 5.92 Å². The third-order valence-corrected chi connectivity index (χ3v) is 1.25. The van der Waals surface area contributed by atoms with Gasteiger partial charge in [-0.2, -0.15) is 0 Å². The van der Waals surface area contributed by atoms with Crippen molar-refractivity contribution in [2.45, 2.75) is 19.9 Å². The SMILES string of the molecule is COC(=O)[C@H](N=[N+]=[N-])C(C)C. The number of rotatable bonds is 3. The summed E-state index contributed by atoms with van der Waals surface area (Å²) in [5, 5.41) is 3.30. The van der Waals surface area contributed by atoms with Crippen molar-refractivity contribution in [1.29, 1.82) is 0 Å². The highest BCUT2D eigenvalue weighted by atomic mass is 16.5. The van der Waals surface area contributed by atoms with Crippen LogP contribution in [0.3, 0.4) is 0 Å². The molecule has 5 nitrogen and oxygen atoms in total. The number of hydrogen-bond donors (Lipinski definition) is 0. The molecule has 11 heavy (non-hydrogen) atoms.